The van der Waals surface area contributed by atoms with E-state index >= 15 is 0 Å². The van der Waals surface area contributed by atoms with Gasteiger partial charge in [-0.05, 0) is 36.9 Å². The Kier molecular flexibility index (Phi) is 5.99. The molecule has 0 aliphatic carbocycles. The molecule has 0 saturated heterocycles. The van der Waals surface area contributed by atoms with Gasteiger partial charge in [-0.25, -0.2) is 13.9 Å². The van der Waals surface area contributed by atoms with Gasteiger partial charge in [0.05, 0.1) is 4.88 Å². The quantitative estimate of drug-likeness (QED) is 0.484. The summed E-state index contributed by atoms with van der Waals surface area (Å²) in [5.41, 5.74) is 1.37. The van der Waals surface area contributed by atoms with Gasteiger partial charge in [0, 0.05) is 22.6 Å². The van der Waals surface area contributed by atoms with Crippen molar-refractivity contribution in [3.63, 3.8) is 0 Å². The van der Waals surface area contributed by atoms with Crippen LogP contribution in [-0.2, 0) is 14.6 Å². The summed E-state index contributed by atoms with van der Waals surface area (Å²) < 4.78 is 21.9. The maximum Gasteiger partial charge on any atom is 0.264 e. The molecule has 25 heavy (non-hydrogen) atoms. The first-order valence-electron chi connectivity index (χ1n) is 7.25. The molecule has 7 nitrogen and oxygen atoms in total. The van der Waals surface area contributed by atoms with Crippen molar-refractivity contribution in [1.29, 1.82) is 0 Å². The van der Waals surface area contributed by atoms with Crippen molar-refractivity contribution in [2.45, 2.75) is 18.1 Å². The van der Waals surface area contributed by atoms with E-state index < -0.39 is 20.5 Å². The molecule has 0 spiro atoms. The number of sulfone groups is 1. The SMILES string of the molecule is CC(CCNC(=O)c1ccc(-c2cccs2)s1)(C(=O)NO)S(C)(=O)=O. The van der Waals surface area contributed by atoms with E-state index in [4.69, 9.17) is 5.21 Å². The van der Waals surface area contributed by atoms with Crippen LogP contribution in [0.4, 0.5) is 0 Å². The number of amides is 2. The van der Waals surface area contributed by atoms with Crippen molar-refractivity contribution in [3.8, 4) is 9.75 Å². The highest BCUT2D eigenvalue weighted by Gasteiger charge is 2.43. The Labute approximate surface area is 153 Å². The summed E-state index contributed by atoms with van der Waals surface area (Å²) in [6, 6.07) is 7.44. The third-order valence-corrected chi connectivity index (χ3v) is 8.06. The van der Waals surface area contributed by atoms with Crippen LogP contribution in [-0.4, -0.2) is 43.0 Å². The van der Waals surface area contributed by atoms with Crippen LogP contribution in [0.15, 0.2) is 29.6 Å². The van der Waals surface area contributed by atoms with Crippen LogP contribution < -0.4 is 10.8 Å². The van der Waals surface area contributed by atoms with Crippen LogP contribution in [0, 0.1) is 0 Å². The topological polar surface area (TPSA) is 113 Å². The molecule has 2 rings (SSSR count). The molecule has 0 saturated carbocycles. The molecule has 0 aromatic carbocycles. The number of hydrogen-bond donors (Lipinski definition) is 3. The van der Waals surface area contributed by atoms with Crippen molar-refractivity contribution in [1.82, 2.24) is 10.8 Å². The van der Waals surface area contributed by atoms with Crippen molar-refractivity contribution in [3.05, 3.63) is 34.5 Å². The van der Waals surface area contributed by atoms with Gasteiger partial charge in [0.1, 0.15) is 0 Å². The molecule has 2 heterocycles. The molecule has 1 atom stereocenters. The summed E-state index contributed by atoms with van der Waals surface area (Å²) in [7, 11) is -3.78. The van der Waals surface area contributed by atoms with Gasteiger partial charge in [-0.1, -0.05) is 6.07 Å². The lowest BCUT2D eigenvalue weighted by Crippen LogP contribution is -2.50. The van der Waals surface area contributed by atoms with E-state index in [0.29, 0.717) is 4.88 Å². The number of carbonyl (C=O) groups is 2. The van der Waals surface area contributed by atoms with E-state index in [9.17, 15) is 18.0 Å². The Bertz CT molecular complexity index is 858. The van der Waals surface area contributed by atoms with Crippen LogP contribution in [0.25, 0.3) is 9.75 Å². The highest BCUT2D eigenvalue weighted by atomic mass is 32.2. The third kappa shape index (κ3) is 4.27. The fraction of sp³-hybridized carbons (Fsp3) is 0.333. The van der Waals surface area contributed by atoms with E-state index in [1.807, 2.05) is 23.6 Å². The second-order valence-corrected chi connectivity index (χ2v) is 10.1. The molecule has 0 fully saturated rings. The fourth-order valence-electron chi connectivity index (χ4n) is 2.10. The minimum Gasteiger partial charge on any atom is -0.351 e. The van der Waals surface area contributed by atoms with Crippen molar-refractivity contribution >= 4 is 44.3 Å². The molecule has 0 aliphatic heterocycles. The average Bonchev–Trinajstić information content (AvgIpc) is 3.23. The van der Waals surface area contributed by atoms with Gasteiger partial charge in [0.2, 0.25) is 0 Å². The molecule has 0 bridgehead atoms. The van der Waals surface area contributed by atoms with Crippen molar-refractivity contribution in [2.24, 2.45) is 0 Å². The van der Waals surface area contributed by atoms with Gasteiger partial charge in [-0.3, -0.25) is 14.8 Å². The van der Waals surface area contributed by atoms with E-state index in [0.717, 1.165) is 16.0 Å². The zero-order valence-corrected chi connectivity index (χ0v) is 16.1. The number of hydrogen-bond acceptors (Lipinski definition) is 7. The molecule has 2 aromatic rings. The summed E-state index contributed by atoms with van der Waals surface area (Å²) in [6.07, 6.45) is 0.754. The zero-order valence-electron chi connectivity index (χ0n) is 13.6. The molecule has 2 amide bonds. The van der Waals surface area contributed by atoms with Crippen LogP contribution in [0.2, 0.25) is 0 Å². The Balaban J connectivity index is 2.01. The smallest absolute Gasteiger partial charge is 0.264 e. The number of rotatable bonds is 7. The third-order valence-electron chi connectivity index (χ3n) is 3.88. The van der Waals surface area contributed by atoms with Crippen LogP contribution >= 0.6 is 22.7 Å². The highest BCUT2D eigenvalue weighted by molar-refractivity contribution is 7.92. The maximum absolute atomic E-state index is 12.2. The van der Waals surface area contributed by atoms with E-state index in [-0.39, 0.29) is 18.9 Å². The van der Waals surface area contributed by atoms with Gasteiger partial charge < -0.3 is 5.32 Å². The summed E-state index contributed by atoms with van der Waals surface area (Å²) in [4.78, 5) is 26.4. The summed E-state index contributed by atoms with van der Waals surface area (Å²) in [5.74, 6) is -1.37. The fourth-order valence-corrected chi connectivity index (χ4v) is 4.71. The van der Waals surface area contributed by atoms with E-state index in [1.54, 1.807) is 17.4 Å². The lowest BCUT2D eigenvalue weighted by atomic mass is 10.1. The predicted molar refractivity (Wildman–Crippen MR) is 97.8 cm³/mol. The normalized spacial score (nSPS) is 13.9. The van der Waals surface area contributed by atoms with Crippen LogP contribution in [0.1, 0.15) is 23.0 Å². The Morgan fingerprint density at radius 3 is 2.52 bits per heavy atom. The van der Waals surface area contributed by atoms with Gasteiger partial charge in [0.15, 0.2) is 14.6 Å². The second-order valence-electron chi connectivity index (χ2n) is 5.59. The number of nitrogens with one attached hydrogen (secondary N) is 2. The number of hydroxylamine groups is 1. The largest absolute Gasteiger partial charge is 0.351 e. The van der Waals surface area contributed by atoms with E-state index in [2.05, 4.69) is 5.32 Å². The predicted octanol–water partition coefficient (Wildman–Crippen LogP) is 1.91. The standard InChI is InChI=1S/C15H18N2O5S3/c1-15(14(19)17-20,25(2,21)22)7-8-16-13(18)12-6-5-11(24-12)10-4-3-9-23-10/h3-6,9,20H,7-8H2,1-2H3,(H,16,18)(H,17,19). The first-order valence-corrected chi connectivity index (χ1v) is 10.8. The molecular weight excluding hydrogens is 384 g/mol. The summed E-state index contributed by atoms with van der Waals surface area (Å²) in [5, 5.41) is 13.3. The number of thiophene rings is 2. The van der Waals surface area contributed by atoms with Gasteiger partial charge in [0.25, 0.3) is 11.8 Å². The minimum absolute atomic E-state index is 0.0257. The maximum atomic E-state index is 12.2. The zero-order chi connectivity index (χ0) is 18.7. The van der Waals surface area contributed by atoms with Gasteiger partial charge in [-0.15, -0.1) is 22.7 Å². The molecule has 136 valence electrons. The average molecular weight is 403 g/mol. The molecule has 1 unspecified atom stereocenters. The lowest BCUT2D eigenvalue weighted by molar-refractivity contribution is -0.131. The summed E-state index contributed by atoms with van der Waals surface area (Å²) >= 11 is 2.91. The molecule has 0 aliphatic rings. The molecule has 10 heteroatoms. The van der Waals surface area contributed by atoms with Crippen LogP contribution in [0.3, 0.4) is 0 Å². The summed E-state index contributed by atoms with van der Waals surface area (Å²) in [6.45, 7) is 1.18. The molecule has 3 N–H and O–H groups in total. The van der Waals surface area contributed by atoms with E-state index in [1.165, 1.54) is 23.7 Å². The Morgan fingerprint density at radius 1 is 1.24 bits per heavy atom. The van der Waals surface area contributed by atoms with Crippen LogP contribution in [0.5, 0.6) is 0 Å². The van der Waals surface area contributed by atoms with Crippen molar-refractivity contribution in [2.75, 3.05) is 12.8 Å². The molecule has 2 aromatic heterocycles. The molecule has 0 radical (unpaired) electrons. The minimum atomic E-state index is -3.78. The Hall–Kier alpha value is -1.75. The Morgan fingerprint density at radius 2 is 1.96 bits per heavy atom. The van der Waals surface area contributed by atoms with Gasteiger partial charge >= 0.3 is 0 Å². The first-order chi connectivity index (χ1) is 11.7. The van der Waals surface area contributed by atoms with Crippen molar-refractivity contribution < 1.29 is 23.2 Å². The lowest BCUT2D eigenvalue weighted by Gasteiger charge is -2.24. The highest BCUT2D eigenvalue weighted by Crippen LogP contribution is 2.31. The second kappa shape index (κ2) is 7.65. The number of carbonyl (C=O) groups excluding carboxylic acids is 2. The first kappa shape index (κ1) is 19.6. The monoisotopic (exact) mass is 402 g/mol. The van der Waals surface area contributed by atoms with Gasteiger partial charge in [-0.2, -0.15) is 0 Å². The molecular formula is C15H18N2O5S3.